The van der Waals surface area contributed by atoms with Gasteiger partial charge in [-0.15, -0.1) is 0 Å². The van der Waals surface area contributed by atoms with Crippen LogP contribution in [0.4, 0.5) is 11.4 Å². The molecule has 1 fully saturated rings. The second-order valence-corrected chi connectivity index (χ2v) is 6.89. The molecule has 0 bridgehead atoms. The van der Waals surface area contributed by atoms with Crippen molar-refractivity contribution in [2.45, 2.75) is 19.4 Å². The second kappa shape index (κ2) is 8.77. The summed E-state index contributed by atoms with van der Waals surface area (Å²) in [5.74, 6) is -1.15. The number of carbonyl (C=O) groups excluding carboxylic acids is 3. The minimum atomic E-state index is -0.955. The number of likely N-dealkylation sites (N-methyl/N-ethyl adjacent to an activating group) is 1. The standard InChI is InChI=1S/C22H24N2O5/c1-15(21(26)23(2)17-9-5-4-6-10-17)29-22(27)16-13-20(25)24(14-16)18-11-7-8-12-19(18)28-3/h4-12,15-16H,13-14H2,1-3H3/t15-,16+/m0/s1. The van der Waals surface area contributed by atoms with Crippen molar-refractivity contribution < 1.29 is 23.9 Å². The highest BCUT2D eigenvalue weighted by atomic mass is 16.5. The van der Waals surface area contributed by atoms with Gasteiger partial charge < -0.3 is 19.3 Å². The van der Waals surface area contributed by atoms with Crippen LogP contribution in [0.2, 0.25) is 0 Å². The van der Waals surface area contributed by atoms with Crippen LogP contribution in [0.3, 0.4) is 0 Å². The summed E-state index contributed by atoms with van der Waals surface area (Å²) in [5, 5.41) is 0. The molecule has 2 aromatic rings. The van der Waals surface area contributed by atoms with Crippen molar-refractivity contribution in [1.82, 2.24) is 0 Å². The van der Waals surface area contributed by atoms with Gasteiger partial charge in [0.15, 0.2) is 6.10 Å². The van der Waals surface area contributed by atoms with E-state index in [1.54, 1.807) is 37.4 Å². The first-order valence-electron chi connectivity index (χ1n) is 9.39. The molecule has 2 aromatic carbocycles. The van der Waals surface area contributed by atoms with Crippen molar-refractivity contribution in [2.75, 3.05) is 30.5 Å². The van der Waals surface area contributed by atoms with Crippen LogP contribution in [-0.2, 0) is 19.1 Å². The molecule has 7 heteroatoms. The predicted molar refractivity (Wildman–Crippen MR) is 109 cm³/mol. The van der Waals surface area contributed by atoms with Gasteiger partial charge in [-0.3, -0.25) is 14.4 Å². The van der Waals surface area contributed by atoms with E-state index in [-0.39, 0.29) is 24.8 Å². The number of benzene rings is 2. The summed E-state index contributed by atoms with van der Waals surface area (Å²) in [6.45, 7) is 1.72. The molecule has 1 heterocycles. The summed E-state index contributed by atoms with van der Waals surface area (Å²) >= 11 is 0. The van der Waals surface area contributed by atoms with Crippen LogP contribution in [-0.4, -0.2) is 44.6 Å². The van der Waals surface area contributed by atoms with Crippen LogP contribution in [0.25, 0.3) is 0 Å². The highest BCUT2D eigenvalue weighted by Gasteiger charge is 2.38. The number of anilines is 2. The Balaban J connectivity index is 1.64. The van der Waals surface area contributed by atoms with Crippen molar-refractivity contribution >= 4 is 29.2 Å². The molecule has 7 nitrogen and oxygen atoms in total. The van der Waals surface area contributed by atoms with Gasteiger partial charge in [-0.1, -0.05) is 30.3 Å². The molecular formula is C22H24N2O5. The van der Waals surface area contributed by atoms with Gasteiger partial charge in [0, 0.05) is 25.7 Å². The fourth-order valence-electron chi connectivity index (χ4n) is 3.32. The zero-order valence-corrected chi connectivity index (χ0v) is 16.7. The van der Waals surface area contributed by atoms with E-state index < -0.39 is 18.0 Å². The molecule has 152 valence electrons. The number of ether oxygens (including phenoxy) is 2. The average molecular weight is 396 g/mol. The van der Waals surface area contributed by atoms with Gasteiger partial charge in [-0.05, 0) is 31.2 Å². The molecule has 2 atom stereocenters. The minimum Gasteiger partial charge on any atom is -0.495 e. The van der Waals surface area contributed by atoms with E-state index in [9.17, 15) is 14.4 Å². The Bertz CT molecular complexity index is 899. The molecule has 0 unspecified atom stereocenters. The van der Waals surface area contributed by atoms with Crippen molar-refractivity contribution in [2.24, 2.45) is 5.92 Å². The maximum Gasteiger partial charge on any atom is 0.312 e. The molecule has 3 rings (SSSR count). The fraction of sp³-hybridized carbons (Fsp3) is 0.318. The molecule has 0 spiro atoms. The number of rotatable bonds is 6. The molecule has 1 saturated heterocycles. The Labute approximate surface area is 169 Å². The lowest BCUT2D eigenvalue weighted by Gasteiger charge is -2.23. The first-order chi connectivity index (χ1) is 13.9. The molecule has 0 aliphatic carbocycles. The van der Waals surface area contributed by atoms with Crippen molar-refractivity contribution in [3.63, 3.8) is 0 Å². The van der Waals surface area contributed by atoms with Crippen molar-refractivity contribution in [3.8, 4) is 5.75 Å². The van der Waals surface area contributed by atoms with Gasteiger partial charge in [0.1, 0.15) is 5.75 Å². The van der Waals surface area contributed by atoms with Crippen molar-refractivity contribution in [1.29, 1.82) is 0 Å². The summed E-state index contributed by atoms with van der Waals surface area (Å²) in [4.78, 5) is 40.6. The minimum absolute atomic E-state index is 0.0340. The molecule has 0 radical (unpaired) electrons. The third-order valence-electron chi connectivity index (χ3n) is 4.95. The zero-order valence-electron chi connectivity index (χ0n) is 16.7. The Morgan fingerprint density at radius 1 is 1.10 bits per heavy atom. The summed E-state index contributed by atoms with van der Waals surface area (Å²) in [6, 6.07) is 16.2. The fourth-order valence-corrected chi connectivity index (χ4v) is 3.32. The highest BCUT2D eigenvalue weighted by molar-refractivity contribution is 6.01. The van der Waals surface area contributed by atoms with E-state index in [1.165, 1.54) is 23.8 Å². The predicted octanol–water partition coefficient (Wildman–Crippen LogP) is 2.64. The Hall–Kier alpha value is -3.35. The van der Waals surface area contributed by atoms with Crippen LogP contribution >= 0.6 is 0 Å². The van der Waals surface area contributed by atoms with E-state index in [0.29, 0.717) is 17.1 Å². The van der Waals surface area contributed by atoms with Crippen LogP contribution in [0.1, 0.15) is 13.3 Å². The van der Waals surface area contributed by atoms with Gasteiger partial charge in [0.2, 0.25) is 5.91 Å². The average Bonchev–Trinajstić information content (AvgIpc) is 3.14. The Morgan fingerprint density at radius 3 is 2.45 bits per heavy atom. The summed E-state index contributed by atoms with van der Waals surface area (Å²) in [7, 11) is 3.16. The summed E-state index contributed by atoms with van der Waals surface area (Å²) in [6.07, 6.45) is -0.921. The van der Waals surface area contributed by atoms with E-state index in [0.717, 1.165) is 0 Å². The van der Waals surface area contributed by atoms with Crippen LogP contribution < -0.4 is 14.5 Å². The number of amides is 2. The van der Waals surface area contributed by atoms with Crippen LogP contribution in [0.5, 0.6) is 5.75 Å². The lowest BCUT2D eigenvalue weighted by molar-refractivity contribution is -0.157. The van der Waals surface area contributed by atoms with Crippen LogP contribution in [0.15, 0.2) is 54.6 Å². The van der Waals surface area contributed by atoms with Crippen molar-refractivity contribution in [3.05, 3.63) is 54.6 Å². The third kappa shape index (κ3) is 4.39. The van der Waals surface area contributed by atoms with Gasteiger partial charge in [0.05, 0.1) is 18.7 Å². The Morgan fingerprint density at radius 2 is 1.76 bits per heavy atom. The molecule has 2 amide bonds. The molecule has 0 N–H and O–H groups in total. The van der Waals surface area contributed by atoms with Gasteiger partial charge in [-0.2, -0.15) is 0 Å². The lowest BCUT2D eigenvalue weighted by atomic mass is 10.1. The smallest absolute Gasteiger partial charge is 0.312 e. The van der Waals surface area contributed by atoms with E-state index in [1.807, 2.05) is 24.3 Å². The SMILES string of the molecule is COc1ccccc1N1C[C@H](C(=O)O[C@@H](C)C(=O)N(C)c2ccccc2)CC1=O. The van der Waals surface area contributed by atoms with E-state index in [2.05, 4.69) is 0 Å². The van der Waals surface area contributed by atoms with E-state index >= 15 is 0 Å². The quantitative estimate of drug-likeness (QED) is 0.702. The number of hydrogen-bond acceptors (Lipinski definition) is 5. The highest BCUT2D eigenvalue weighted by Crippen LogP contribution is 2.33. The number of hydrogen-bond donors (Lipinski definition) is 0. The largest absolute Gasteiger partial charge is 0.495 e. The maximum atomic E-state index is 12.6. The number of para-hydroxylation sites is 3. The Kier molecular flexibility index (Phi) is 6.16. The summed E-state index contributed by atoms with van der Waals surface area (Å²) in [5.41, 5.74) is 1.32. The first-order valence-corrected chi connectivity index (χ1v) is 9.39. The third-order valence-corrected chi connectivity index (χ3v) is 4.95. The number of nitrogens with zero attached hydrogens (tertiary/aromatic N) is 2. The molecular weight excluding hydrogens is 372 g/mol. The normalized spacial score (nSPS) is 17.0. The van der Waals surface area contributed by atoms with Gasteiger partial charge >= 0.3 is 5.97 Å². The molecule has 29 heavy (non-hydrogen) atoms. The maximum absolute atomic E-state index is 12.6. The molecule has 0 aromatic heterocycles. The zero-order chi connectivity index (χ0) is 21.0. The van der Waals surface area contributed by atoms with Crippen LogP contribution in [0, 0.1) is 5.92 Å². The molecule has 0 saturated carbocycles. The number of methoxy groups -OCH3 is 1. The first kappa shape index (κ1) is 20.4. The number of esters is 1. The monoisotopic (exact) mass is 396 g/mol. The summed E-state index contributed by atoms with van der Waals surface area (Å²) < 4.78 is 10.7. The van der Waals surface area contributed by atoms with Gasteiger partial charge in [0.25, 0.3) is 5.91 Å². The second-order valence-electron chi connectivity index (χ2n) is 6.89. The number of carbonyl (C=O) groups is 3. The molecule has 1 aliphatic rings. The van der Waals surface area contributed by atoms with E-state index in [4.69, 9.17) is 9.47 Å². The lowest BCUT2D eigenvalue weighted by Crippen LogP contribution is -2.38. The topological polar surface area (TPSA) is 76.2 Å². The molecule has 1 aliphatic heterocycles. The van der Waals surface area contributed by atoms with Gasteiger partial charge in [-0.25, -0.2) is 0 Å².